The molecule has 1 amide bonds. The maximum Gasteiger partial charge on any atom is 0.258 e. The smallest absolute Gasteiger partial charge is 0.258 e. The molecule has 5 aromatic rings. The maximum atomic E-state index is 13.6. The largest absolute Gasteiger partial charge is 0.497 e. The van der Waals surface area contributed by atoms with Crippen LogP contribution in [0.5, 0.6) is 17.2 Å². The molecule has 37 heavy (non-hydrogen) atoms. The standard InChI is InChI=1S/C28H27N3O5S/c1-33-20-10-11-26(35-3)23(15-20)24-17-31-19(18-37-28(31)29-24)12-13-30(16-21-7-6-14-36-21)27(32)22-8-4-5-9-25(22)34-2/h4-11,14-15,17-18H,12-13,16H2,1-3H3. The van der Waals surface area contributed by atoms with Crippen molar-refractivity contribution in [1.29, 1.82) is 0 Å². The van der Waals surface area contributed by atoms with E-state index in [4.69, 9.17) is 23.6 Å². The number of hydrogen-bond acceptors (Lipinski definition) is 7. The molecule has 0 atom stereocenters. The summed E-state index contributed by atoms with van der Waals surface area (Å²) in [5.41, 5.74) is 3.22. The first-order valence-corrected chi connectivity index (χ1v) is 12.6. The van der Waals surface area contributed by atoms with E-state index < -0.39 is 0 Å². The number of fused-ring (bicyclic) bond motifs is 1. The van der Waals surface area contributed by atoms with Crippen LogP contribution in [0.25, 0.3) is 16.2 Å². The summed E-state index contributed by atoms with van der Waals surface area (Å²) < 4.78 is 24.0. The number of ether oxygens (including phenoxy) is 3. The number of benzene rings is 2. The summed E-state index contributed by atoms with van der Waals surface area (Å²) in [5, 5.41) is 2.08. The van der Waals surface area contributed by atoms with E-state index in [0.29, 0.717) is 36.6 Å². The molecule has 8 nitrogen and oxygen atoms in total. The zero-order valence-corrected chi connectivity index (χ0v) is 21.7. The molecule has 0 bridgehead atoms. The molecule has 0 fully saturated rings. The average molecular weight is 518 g/mol. The normalized spacial score (nSPS) is 11.0. The van der Waals surface area contributed by atoms with Gasteiger partial charge in [-0.3, -0.25) is 9.20 Å². The molecule has 3 aromatic heterocycles. The molecule has 0 aliphatic carbocycles. The van der Waals surface area contributed by atoms with E-state index in [9.17, 15) is 4.79 Å². The molecule has 190 valence electrons. The minimum Gasteiger partial charge on any atom is -0.497 e. The van der Waals surface area contributed by atoms with Gasteiger partial charge in [0.05, 0.1) is 45.4 Å². The number of hydrogen-bond donors (Lipinski definition) is 0. The lowest BCUT2D eigenvalue weighted by atomic mass is 10.1. The van der Waals surface area contributed by atoms with Gasteiger partial charge >= 0.3 is 0 Å². The van der Waals surface area contributed by atoms with E-state index in [0.717, 1.165) is 33.4 Å². The van der Waals surface area contributed by atoms with Crippen LogP contribution >= 0.6 is 11.3 Å². The Hall–Kier alpha value is -4.24. The van der Waals surface area contributed by atoms with Crippen molar-refractivity contribution in [2.45, 2.75) is 13.0 Å². The Kier molecular flexibility index (Phi) is 7.14. The Balaban J connectivity index is 1.42. The van der Waals surface area contributed by atoms with Crippen LogP contribution in [0.2, 0.25) is 0 Å². The Morgan fingerprint density at radius 1 is 1.03 bits per heavy atom. The lowest BCUT2D eigenvalue weighted by Gasteiger charge is -2.22. The summed E-state index contributed by atoms with van der Waals surface area (Å²) in [6, 6.07) is 16.6. The maximum absolute atomic E-state index is 13.6. The second-order valence-electron chi connectivity index (χ2n) is 8.33. The molecule has 9 heteroatoms. The fraction of sp³-hybridized carbons (Fsp3) is 0.214. The molecule has 0 spiro atoms. The van der Waals surface area contributed by atoms with Crippen molar-refractivity contribution in [3.8, 4) is 28.5 Å². The first kappa shape index (κ1) is 24.5. The van der Waals surface area contributed by atoms with Gasteiger partial charge < -0.3 is 23.5 Å². The minimum absolute atomic E-state index is 0.118. The second-order valence-corrected chi connectivity index (χ2v) is 9.16. The van der Waals surface area contributed by atoms with Gasteiger partial charge in [-0.2, -0.15) is 0 Å². The van der Waals surface area contributed by atoms with Crippen LogP contribution in [0.15, 0.2) is 76.9 Å². The van der Waals surface area contributed by atoms with E-state index in [1.807, 2.05) is 48.7 Å². The molecule has 0 unspecified atom stereocenters. The third-order valence-corrected chi connectivity index (χ3v) is 7.04. The molecule has 2 aromatic carbocycles. The molecule has 0 saturated heterocycles. The van der Waals surface area contributed by atoms with Gasteiger partial charge in [-0.25, -0.2) is 4.98 Å². The van der Waals surface area contributed by atoms with Gasteiger partial charge in [0.25, 0.3) is 5.91 Å². The van der Waals surface area contributed by atoms with Crippen LogP contribution in [0, 0.1) is 0 Å². The average Bonchev–Trinajstić information content (AvgIpc) is 3.69. The summed E-state index contributed by atoms with van der Waals surface area (Å²) in [5.74, 6) is 2.60. The first-order valence-electron chi connectivity index (χ1n) is 11.7. The van der Waals surface area contributed by atoms with Crippen molar-refractivity contribution in [3.63, 3.8) is 0 Å². The number of furan rings is 1. The van der Waals surface area contributed by atoms with Crippen LogP contribution in [-0.4, -0.2) is 48.1 Å². The Morgan fingerprint density at radius 2 is 1.86 bits per heavy atom. The lowest BCUT2D eigenvalue weighted by molar-refractivity contribution is 0.0729. The van der Waals surface area contributed by atoms with E-state index in [1.165, 1.54) is 0 Å². The molecule has 3 heterocycles. The van der Waals surface area contributed by atoms with Gasteiger partial charge in [0.15, 0.2) is 4.96 Å². The van der Waals surface area contributed by atoms with Crippen LogP contribution < -0.4 is 14.2 Å². The summed E-state index contributed by atoms with van der Waals surface area (Å²) in [7, 11) is 4.84. The molecule has 5 rings (SSSR count). The fourth-order valence-corrected chi connectivity index (χ4v) is 5.14. The predicted molar refractivity (Wildman–Crippen MR) is 142 cm³/mol. The number of aromatic nitrogens is 2. The number of rotatable bonds is 10. The van der Waals surface area contributed by atoms with Gasteiger partial charge in [0, 0.05) is 35.8 Å². The SMILES string of the molecule is COc1ccc(OC)c(-c2cn3c(CCN(Cc4ccco4)C(=O)c4ccccc4OC)csc3n2)c1. The van der Waals surface area contributed by atoms with Gasteiger partial charge in [-0.15, -0.1) is 11.3 Å². The number of nitrogens with zero attached hydrogens (tertiary/aromatic N) is 3. The van der Waals surface area contributed by atoms with E-state index in [2.05, 4.69) is 9.78 Å². The van der Waals surface area contributed by atoms with Gasteiger partial charge in [-0.05, 0) is 42.5 Å². The number of carbonyl (C=O) groups is 1. The summed E-state index contributed by atoms with van der Waals surface area (Å²) in [6.07, 6.45) is 4.24. The van der Waals surface area contributed by atoms with Crippen molar-refractivity contribution < 1.29 is 23.4 Å². The molecule has 0 saturated carbocycles. The molecular formula is C28H27N3O5S. The lowest BCUT2D eigenvalue weighted by Crippen LogP contribution is -2.32. The number of thiazole rings is 1. The highest BCUT2D eigenvalue weighted by atomic mass is 32.1. The van der Waals surface area contributed by atoms with Crippen LogP contribution in [-0.2, 0) is 13.0 Å². The summed E-state index contributed by atoms with van der Waals surface area (Å²) >= 11 is 1.56. The van der Waals surface area contributed by atoms with Crippen LogP contribution in [0.1, 0.15) is 21.8 Å². The summed E-state index contributed by atoms with van der Waals surface area (Å²) in [6.45, 7) is 0.840. The number of carbonyl (C=O) groups excluding carboxylic acids is 1. The highest BCUT2D eigenvalue weighted by Gasteiger charge is 2.22. The molecular weight excluding hydrogens is 490 g/mol. The van der Waals surface area contributed by atoms with Crippen LogP contribution in [0.4, 0.5) is 0 Å². The van der Waals surface area contributed by atoms with Crippen molar-refractivity contribution in [2.24, 2.45) is 0 Å². The third-order valence-electron chi connectivity index (χ3n) is 6.16. The number of methoxy groups -OCH3 is 3. The number of amides is 1. The Morgan fingerprint density at radius 3 is 2.62 bits per heavy atom. The first-order chi connectivity index (χ1) is 18.1. The molecule has 0 aliphatic rings. The highest BCUT2D eigenvalue weighted by Crippen LogP contribution is 2.34. The summed E-state index contributed by atoms with van der Waals surface area (Å²) in [4.78, 5) is 21.0. The minimum atomic E-state index is -0.118. The zero-order valence-electron chi connectivity index (χ0n) is 20.8. The van der Waals surface area contributed by atoms with Gasteiger partial charge in [0.2, 0.25) is 0 Å². The van der Waals surface area contributed by atoms with Crippen molar-refractivity contribution in [1.82, 2.24) is 14.3 Å². The van der Waals surface area contributed by atoms with E-state index >= 15 is 0 Å². The monoisotopic (exact) mass is 517 g/mol. The molecule has 0 radical (unpaired) electrons. The number of imidazole rings is 1. The van der Waals surface area contributed by atoms with Crippen LogP contribution in [0.3, 0.4) is 0 Å². The third kappa shape index (κ3) is 5.03. The predicted octanol–water partition coefficient (Wildman–Crippen LogP) is 5.57. The van der Waals surface area contributed by atoms with Gasteiger partial charge in [-0.1, -0.05) is 12.1 Å². The van der Waals surface area contributed by atoms with Crippen molar-refractivity contribution in [3.05, 3.63) is 89.5 Å². The second kappa shape index (κ2) is 10.8. The van der Waals surface area contributed by atoms with Crippen molar-refractivity contribution >= 4 is 22.2 Å². The Bertz CT molecular complexity index is 1510. The fourth-order valence-electron chi connectivity index (χ4n) is 4.24. The zero-order chi connectivity index (χ0) is 25.8. The van der Waals surface area contributed by atoms with E-state index in [-0.39, 0.29) is 5.91 Å². The quantitative estimate of drug-likeness (QED) is 0.241. The molecule has 0 aliphatic heterocycles. The van der Waals surface area contributed by atoms with E-state index in [1.54, 1.807) is 56.0 Å². The topological polar surface area (TPSA) is 78.4 Å². The van der Waals surface area contributed by atoms with Crippen molar-refractivity contribution in [2.75, 3.05) is 27.9 Å². The molecule has 0 N–H and O–H groups in total. The number of para-hydroxylation sites is 1. The van der Waals surface area contributed by atoms with Gasteiger partial charge in [0.1, 0.15) is 23.0 Å². The highest BCUT2D eigenvalue weighted by molar-refractivity contribution is 7.15. The Labute approximate surface area is 218 Å².